The van der Waals surface area contributed by atoms with Crippen LogP contribution in [0.1, 0.15) is 28.8 Å². The highest BCUT2D eigenvalue weighted by Gasteiger charge is 2.16. The summed E-state index contributed by atoms with van der Waals surface area (Å²) < 4.78 is 12.9. The number of fused-ring (bicyclic) bond motifs is 1. The molecule has 0 saturated heterocycles. The number of aromatic amines is 1. The number of carbonyl (C=O) groups is 1. The molecule has 0 bridgehead atoms. The number of nitrogens with zero attached hydrogens (tertiary/aromatic N) is 1. The number of aryl methyl sites for hydroxylation is 2. The first-order valence-corrected chi connectivity index (χ1v) is 10.3. The molecule has 1 atom stereocenters. The van der Waals surface area contributed by atoms with E-state index in [2.05, 4.69) is 15.3 Å². The van der Waals surface area contributed by atoms with Gasteiger partial charge in [-0.2, -0.15) is 0 Å². The molecule has 2 N–H and O–H groups in total. The minimum Gasteiger partial charge on any atom is -0.351 e. The number of amides is 1. The van der Waals surface area contributed by atoms with Crippen LogP contribution in [-0.2, 0) is 17.1 Å². The van der Waals surface area contributed by atoms with Gasteiger partial charge in [-0.05, 0) is 44.0 Å². The van der Waals surface area contributed by atoms with Crippen LogP contribution in [0.3, 0.4) is 0 Å². The summed E-state index contributed by atoms with van der Waals surface area (Å²) in [6, 6.07) is 6.02. The third-order valence-corrected chi connectivity index (χ3v) is 6.56. The molecule has 2 heterocycles. The molecule has 3 aromatic rings. The zero-order valence-electron chi connectivity index (χ0n) is 15.3. The number of thioether (sulfide) groups is 1. The molecular formula is C19H20FN3O2S2. The molecule has 0 aliphatic heterocycles. The Morgan fingerprint density at radius 3 is 2.74 bits per heavy atom. The van der Waals surface area contributed by atoms with Crippen LogP contribution in [0.25, 0.3) is 10.2 Å². The lowest BCUT2D eigenvalue weighted by Crippen LogP contribution is -2.30. The third-order valence-electron chi connectivity index (χ3n) is 4.31. The summed E-state index contributed by atoms with van der Waals surface area (Å²) in [5.74, 6) is 0.586. The highest BCUT2D eigenvalue weighted by Crippen LogP contribution is 2.26. The Balaban J connectivity index is 1.59. The van der Waals surface area contributed by atoms with Gasteiger partial charge in [-0.1, -0.05) is 12.1 Å². The molecule has 8 heteroatoms. The SMILES string of the molecule is Cc1sc2nc(CSC(C)C(=O)NCc3ccc(F)cc3)[nH]c(=O)c2c1C. The van der Waals surface area contributed by atoms with Crippen molar-refractivity contribution in [2.75, 3.05) is 0 Å². The molecular weight excluding hydrogens is 385 g/mol. The summed E-state index contributed by atoms with van der Waals surface area (Å²) in [5.41, 5.74) is 1.67. The molecule has 0 aliphatic rings. The summed E-state index contributed by atoms with van der Waals surface area (Å²) in [5, 5.41) is 3.18. The van der Waals surface area contributed by atoms with Crippen molar-refractivity contribution in [3.63, 3.8) is 0 Å². The van der Waals surface area contributed by atoms with E-state index in [-0.39, 0.29) is 22.5 Å². The topological polar surface area (TPSA) is 74.8 Å². The molecule has 5 nitrogen and oxygen atoms in total. The molecule has 142 valence electrons. The van der Waals surface area contributed by atoms with Crippen molar-refractivity contribution in [3.8, 4) is 0 Å². The minimum atomic E-state index is -0.307. The van der Waals surface area contributed by atoms with E-state index in [1.54, 1.807) is 19.1 Å². The van der Waals surface area contributed by atoms with Crippen LogP contribution in [-0.4, -0.2) is 21.1 Å². The smallest absolute Gasteiger partial charge is 0.259 e. The van der Waals surface area contributed by atoms with Gasteiger partial charge in [0, 0.05) is 11.4 Å². The monoisotopic (exact) mass is 405 g/mol. The summed E-state index contributed by atoms with van der Waals surface area (Å²) in [6.45, 7) is 6.05. The number of hydrogen-bond acceptors (Lipinski definition) is 5. The lowest BCUT2D eigenvalue weighted by molar-refractivity contribution is -0.120. The van der Waals surface area contributed by atoms with Gasteiger partial charge in [0.15, 0.2) is 0 Å². The van der Waals surface area contributed by atoms with Gasteiger partial charge in [-0.25, -0.2) is 9.37 Å². The Labute approximate surface area is 164 Å². The summed E-state index contributed by atoms with van der Waals surface area (Å²) in [4.78, 5) is 33.7. The van der Waals surface area contributed by atoms with Crippen LogP contribution >= 0.6 is 23.1 Å². The highest BCUT2D eigenvalue weighted by atomic mass is 32.2. The number of hydrogen-bond donors (Lipinski definition) is 2. The lowest BCUT2D eigenvalue weighted by atomic mass is 10.2. The van der Waals surface area contributed by atoms with Crippen molar-refractivity contribution in [3.05, 3.63) is 62.3 Å². The minimum absolute atomic E-state index is 0.115. The van der Waals surface area contributed by atoms with Gasteiger partial charge >= 0.3 is 0 Å². The number of nitrogens with one attached hydrogen (secondary N) is 2. The van der Waals surface area contributed by atoms with Gasteiger partial charge < -0.3 is 10.3 Å². The van der Waals surface area contributed by atoms with Gasteiger partial charge in [-0.3, -0.25) is 9.59 Å². The second kappa shape index (κ2) is 8.22. The predicted molar refractivity (Wildman–Crippen MR) is 109 cm³/mol. The Hall–Kier alpha value is -2.19. The Morgan fingerprint density at radius 1 is 1.33 bits per heavy atom. The molecule has 1 aromatic carbocycles. The van der Waals surface area contributed by atoms with Crippen molar-refractivity contribution < 1.29 is 9.18 Å². The number of H-pyrrole nitrogens is 1. The first-order valence-electron chi connectivity index (χ1n) is 8.48. The summed E-state index contributed by atoms with van der Waals surface area (Å²) >= 11 is 2.91. The molecule has 0 radical (unpaired) electrons. The Kier molecular flexibility index (Phi) is 5.96. The van der Waals surface area contributed by atoms with Crippen molar-refractivity contribution in [1.82, 2.24) is 15.3 Å². The first-order chi connectivity index (χ1) is 12.8. The van der Waals surface area contributed by atoms with E-state index in [4.69, 9.17) is 0 Å². The third kappa shape index (κ3) is 4.56. The fourth-order valence-corrected chi connectivity index (χ4v) is 4.41. The number of carbonyl (C=O) groups excluding carboxylic acids is 1. The van der Waals surface area contributed by atoms with Gasteiger partial charge in [0.25, 0.3) is 5.56 Å². The van der Waals surface area contributed by atoms with Crippen LogP contribution < -0.4 is 10.9 Å². The van der Waals surface area contributed by atoms with E-state index in [0.29, 0.717) is 23.5 Å². The van der Waals surface area contributed by atoms with Crippen LogP contribution in [0.15, 0.2) is 29.1 Å². The van der Waals surface area contributed by atoms with E-state index in [9.17, 15) is 14.0 Å². The van der Waals surface area contributed by atoms with Crippen molar-refractivity contribution >= 4 is 39.2 Å². The zero-order chi connectivity index (χ0) is 19.6. The van der Waals surface area contributed by atoms with E-state index < -0.39 is 0 Å². The largest absolute Gasteiger partial charge is 0.351 e. The predicted octanol–water partition coefficient (Wildman–Crippen LogP) is 3.68. The van der Waals surface area contributed by atoms with E-state index in [0.717, 1.165) is 20.8 Å². The average molecular weight is 406 g/mol. The number of halogens is 1. The van der Waals surface area contributed by atoms with E-state index in [1.165, 1.54) is 35.2 Å². The van der Waals surface area contributed by atoms with Gasteiger partial charge in [-0.15, -0.1) is 23.1 Å². The van der Waals surface area contributed by atoms with Crippen LogP contribution in [0, 0.1) is 19.7 Å². The summed E-state index contributed by atoms with van der Waals surface area (Å²) in [7, 11) is 0. The van der Waals surface area contributed by atoms with Gasteiger partial charge in [0.1, 0.15) is 16.5 Å². The molecule has 1 unspecified atom stereocenters. The van der Waals surface area contributed by atoms with Crippen LogP contribution in [0.4, 0.5) is 4.39 Å². The van der Waals surface area contributed by atoms with Crippen LogP contribution in [0.2, 0.25) is 0 Å². The molecule has 27 heavy (non-hydrogen) atoms. The van der Waals surface area contributed by atoms with Crippen molar-refractivity contribution in [2.24, 2.45) is 0 Å². The maximum atomic E-state index is 12.9. The van der Waals surface area contributed by atoms with Crippen molar-refractivity contribution in [2.45, 2.75) is 38.3 Å². The zero-order valence-corrected chi connectivity index (χ0v) is 16.9. The normalized spacial score (nSPS) is 12.3. The number of aromatic nitrogens is 2. The second-order valence-electron chi connectivity index (χ2n) is 6.27. The molecule has 0 fully saturated rings. The Bertz CT molecular complexity index is 1030. The number of benzene rings is 1. The second-order valence-corrected chi connectivity index (χ2v) is 8.81. The van der Waals surface area contributed by atoms with Crippen LogP contribution in [0.5, 0.6) is 0 Å². The Morgan fingerprint density at radius 2 is 2.04 bits per heavy atom. The van der Waals surface area contributed by atoms with E-state index in [1.807, 2.05) is 13.8 Å². The molecule has 2 aromatic heterocycles. The standard InChI is InChI=1S/C19H20FN3O2S2/c1-10-11(2)27-19-16(10)18(25)22-15(23-19)9-26-12(3)17(24)21-8-13-4-6-14(20)7-5-13/h4-7,12H,8-9H2,1-3H3,(H,21,24)(H,22,23,25). The number of rotatable bonds is 6. The quantitative estimate of drug-likeness (QED) is 0.656. The lowest BCUT2D eigenvalue weighted by Gasteiger charge is -2.12. The molecule has 0 saturated carbocycles. The fourth-order valence-electron chi connectivity index (χ4n) is 2.58. The molecule has 3 rings (SSSR count). The maximum absolute atomic E-state index is 12.9. The first kappa shape index (κ1) is 19.6. The average Bonchev–Trinajstić information content (AvgIpc) is 2.93. The van der Waals surface area contributed by atoms with Gasteiger partial charge in [0.2, 0.25) is 5.91 Å². The highest BCUT2D eigenvalue weighted by molar-refractivity contribution is 7.99. The molecule has 0 spiro atoms. The molecule has 1 amide bonds. The van der Waals surface area contributed by atoms with E-state index >= 15 is 0 Å². The fraction of sp³-hybridized carbons (Fsp3) is 0.316. The van der Waals surface area contributed by atoms with Gasteiger partial charge in [0.05, 0.1) is 16.4 Å². The summed E-state index contributed by atoms with van der Waals surface area (Å²) in [6.07, 6.45) is 0. The maximum Gasteiger partial charge on any atom is 0.259 e. The molecule has 0 aliphatic carbocycles. The van der Waals surface area contributed by atoms with Crippen molar-refractivity contribution in [1.29, 1.82) is 0 Å². The number of thiophene rings is 1.